The Kier molecular flexibility index (Phi) is 5.02. The number of rotatable bonds is 4. The molecule has 0 aliphatic rings. The largest absolute Gasteiger partial charge is 0.348 e. The van der Waals surface area contributed by atoms with Gasteiger partial charge in [-0.2, -0.15) is 0 Å². The maximum atomic E-state index is 11.9. The minimum atomic E-state index is -0.557. The number of halogens is 2. The van der Waals surface area contributed by atoms with E-state index >= 15 is 0 Å². The number of nitrogens with one attached hydrogen (secondary N) is 1. The summed E-state index contributed by atoms with van der Waals surface area (Å²) in [6, 6.07) is 7.58. The second-order valence-corrected chi connectivity index (χ2v) is 6.88. The highest BCUT2D eigenvalue weighted by molar-refractivity contribution is 9.10. The number of amides is 1. The van der Waals surface area contributed by atoms with Gasteiger partial charge in [0.15, 0.2) is 0 Å². The Morgan fingerprint density at radius 1 is 1.53 bits per heavy atom. The van der Waals surface area contributed by atoms with E-state index in [1.54, 1.807) is 0 Å². The molecule has 1 amide bonds. The Bertz CT molecular complexity index is 401. The monoisotopic (exact) mass is 317 g/mol. The summed E-state index contributed by atoms with van der Waals surface area (Å²) in [6.07, 6.45) is 0.829. The maximum absolute atomic E-state index is 11.9. The summed E-state index contributed by atoms with van der Waals surface area (Å²) < 4.78 is -0.557. The van der Waals surface area contributed by atoms with Crippen molar-refractivity contribution in [3.8, 4) is 0 Å². The lowest BCUT2D eigenvalue weighted by atomic mass is 10.0. The third kappa shape index (κ3) is 4.32. The van der Waals surface area contributed by atoms with E-state index in [4.69, 9.17) is 11.6 Å². The van der Waals surface area contributed by atoms with Crippen LogP contribution in [0.15, 0.2) is 24.3 Å². The van der Waals surface area contributed by atoms with Gasteiger partial charge in [-0.3, -0.25) is 4.79 Å². The predicted molar refractivity (Wildman–Crippen MR) is 75.6 cm³/mol. The zero-order valence-electron chi connectivity index (χ0n) is 10.3. The SMILES string of the molecule is CCC(NC(=O)C(C)(C)Br)c1cccc(Cl)c1. The van der Waals surface area contributed by atoms with Gasteiger partial charge in [0.25, 0.3) is 0 Å². The van der Waals surface area contributed by atoms with Crippen molar-refractivity contribution in [3.63, 3.8) is 0 Å². The summed E-state index contributed by atoms with van der Waals surface area (Å²) >= 11 is 9.30. The first-order valence-electron chi connectivity index (χ1n) is 5.60. The van der Waals surface area contributed by atoms with Crippen molar-refractivity contribution in [2.45, 2.75) is 37.6 Å². The number of benzene rings is 1. The fourth-order valence-corrected chi connectivity index (χ4v) is 1.79. The minimum absolute atomic E-state index is 0.00183. The molecular weight excluding hydrogens is 302 g/mol. The zero-order chi connectivity index (χ0) is 13.1. The van der Waals surface area contributed by atoms with E-state index < -0.39 is 4.32 Å². The van der Waals surface area contributed by atoms with Crippen LogP contribution in [0.3, 0.4) is 0 Å². The fourth-order valence-electron chi connectivity index (χ4n) is 1.47. The van der Waals surface area contributed by atoms with Gasteiger partial charge >= 0.3 is 0 Å². The fraction of sp³-hybridized carbons (Fsp3) is 0.462. The average Bonchev–Trinajstić information content (AvgIpc) is 2.24. The molecular formula is C13H17BrClNO. The Hall–Kier alpha value is -0.540. The molecule has 0 aromatic heterocycles. The van der Waals surface area contributed by atoms with Crippen LogP contribution in [-0.2, 0) is 4.79 Å². The average molecular weight is 319 g/mol. The number of carbonyl (C=O) groups is 1. The second kappa shape index (κ2) is 5.87. The van der Waals surface area contributed by atoms with Crippen molar-refractivity contribution in [2.75, 3.05) is 0 Å². The molecule has 0 heterocycles. The lowest BCUT2D eigenvalue weighted by molar-refractivity contribution is -0.123. The Morgan fingerprint density at radius 2 is 2.18 bits per heavy atom. The molecule has 94 valence electrons. The summed E-state index contributed by atoms with van der Waals surface area (Å²) in [5.74, 6) is -0.0238. The summed E-state index contributed by atoms with van der Waals surface area (Å²) in [6.45, 7) is 5.69. The van der Waals surface area contributed by atoms with Gasteiger partial charge in [-0.05, 0) is 38.0 Å². The number of hydrogen-bond donors (Lipinski definition) is 1. The first kappa shape index (κ1) is 14.5. The lowest BCUT2D eigenvalue weighted by Crippen LogP contribution is -2.39. The summed E-state index contributed by atoms with van der Waals surface area (Å²) in [5.41, 5.74) is 1.03. The van der Waals surface area contributed by atoms with Gasteiger partial charge in [-0.15, -0.1) is 0 Å². The van der Waals surface area contributed by atoms with E-state index in [2.05, 4.69) is 21.2 Å². The van der Waals surface area contributed by atoms with Crippen LogP contribution in [0, 0.1) is 0 Å². The van der Waals surface area contributed by atoms with Gasteiger partial charge in [0.05, 0.1) is 10.4 Å². The van der Waals surface area contributed by atoms with Crippen LogP contribution < -0.4 is 5.32 Å². The van der Waals surface area contributed by atoms with Crippen molar-refractivity contribution in [1.29, 1.82) is 0 Å². The number of carbonyl (C=O) groups excluding carboxylic acids is 1. The topological polar surface area (TPSA) is 29.1 Å². The molecule has 1 N–H and O–H groups in total. The molecule has 17 heavy (non-hydrogen) atoms. The quantitative estimate of drug-likeness (QED) is 0.833. The van der Waals surface area contributed by atoms with Crippen molar-refractivity contribution >= 4 is 33.4 Å². The van der Waals surface area contributed by atoms with E-state index in [0.29, 0.717) is 5.02 Å². The van der Waals surface area contributed by atoms with Gasteiger partial charge in [0.2, 0.25) is 5.91 Å². The van der Waals surface area contributed by atoms with E-state index in [1.807, 2.05) is 45.0 Å². The van der Waals surface area contributed by atoms with Gasteiger partial charge in [0.1, 0.15) is 0 Å². The molecule has 4 heteroatoms. The summed E-state index contributed by atoms with van der Waals surface area (Å²) in [4.78, 5) is 11.9. The van der Waals surface area contributed by atoms with Crippen molar-refractivity contribution in [3.05, 3.63) is 34.9 Å². The molecule has 0 saturated carbocycles. The second-order valence-electron chi connectivity index (χ2n) is 4.46. The molecule has 1 rings (SSSR count). The molecule has 0 spiro atoms. The standard InChI is InChI=1S/C13H17BrClNO/c1-4-11(16-12(17)13(2,3)14)9-6-5-7-10(15)8-9/h5-8,11H,4H2,1-3H3,(H,16,17). The smallest absolute Gasteiger partial charge is 0.236 e. The van der Waals surface area contributed by atoms with Gasteiger partial charge in [0, 0.05) is 5.02 Å². The van der Waals surface area contributed by atoms with E-state index in [0.717, 1.165) is 12.0 Å². The highest BCUT2D eigenvalue weighted by atomic mass is 79.9. The van der Waals surface area contributed by atoms with Crippen LogP contribution in [-0.4, -0.2) is 10.2 Å². The Balaban J connectivity index is 2.83. The predicted octanol–water partition coefficient (Wildman–Crippen LogP) is 4.08. The molecule has 1 atom stereocenters. The van der Waals surface area contributed by atoms with E-state index in [9.17, 15) is 4.79 Å². The van der Waals surface area contributed by atoms with Crippen LogP contribution in [0.2, 0.25) is 5.02 Å². The first-order valence-corrected chi connectivity index (χ1v) is 6.77. The third-order valence-electron chi connectivity index (χ3n) is 2.50. The van der Waals surface area contributed by atoms with E-state index in [1.165, 1.54) is 0 Å². The molecule has 0 radical (unpaired) electrons. The zero-order valence-corrected chi connectivity index (χ0v) is 12.6. The molecule has 1 aromatic rings. The molecule has 1 aromatic carbocycles. The Labute approximate surface area is 116 Å². The van der Waals surface area contributed by atoms with Crippen molar-refractivity contribution in [1.82, 2.24) is 5.32 Å². The van der Waals surface area contributed by atoms with Crippen molar-refractivity contribution < 1.29 is 4.79 Å². The van der Waals surface area contributed by atoms with Crippen LogP contribution in [0.5, 0.6) is 0 Å². The highest BCUT2D eigenvalue weighted by Crippen LogP contribution is 2.23. The van der Waals surface area contributed by atoms with Crippen LogP contribution in [0.4, 0.5) is 0 Å². The molecule has 0 aliphatic heterocycles. The minimum Gasteiger partial charge on any atom is -0.348 e. The molecule has 0 bridgehead atoms. The summed E-state index contributed by atoms with van der Waals surface area (Å²) in [7, 11) is 0. The summed E-state index contributed by atoms with van der Waals surface area (Å²) in [5, 5.41) is 3.69. The number of alkyl halides is 1. The first-order chi connectivity index (χ1) is 7.84. The van der Waals surface area contributed by atoms with Crippen LogP contribution >= 0.6 is 27.5 Å². The Morgan fingerprint density at radius 3 is 2.65 bits per heavy atom. The van der Waals surface area contributed by atoms with Gasteiger partial charge in [-0.1, -0.05) is 46.6 Å². The lowest BCUT2D eigenvalue weighted by Gasteiger charge is -2.22. The normalized spacial score (nSPS) is 13.2. The van der Waals surface area contributed by atoms with Crippen LogP contribution in [0.1, 0.15) is 38.8 Å². The van der Waals surface area contributed by atoms with Crippen molar-refractivity contribution in [2.24, 2.45) is 0 Å². The molecule has 0 saturated heterocycles. The third-order valence-corrected chi connectivity index (χ3v) is 3.10. The van der Waals surface area contributed by atoms with Gasteiger partial charge < -0.3 is 5.32 Å². The molecule has 1 unspecified atom stereocenters. The van der Waals surface area contributed by atoms with E-state index in [-0.39, 0.29) is 11.9 Å². The number of hydrogen-bond acceptors (Lipinski definition) is 1. The maximum Gasteiger partial charge on any atom is 0.236 e. The molecule has 0 fully saturated rings. The van der Waals surface area contributed by atoms with Gasteiger partial charge in [-0.25, -0.2) is 0 Å². The van der Waals surface area contributed by atoms with Crippen LogP contribution in [0.25, 0.3) is 0 Å². The molecule has 2 nitrogen and oxygen atoms in total. The molecule has 0 aliphatic carbocycles. The highest BCUT2D eigenvalue weighted by Gasteiger charge is 2.25.